The van der Waals surface area contributed by atoms with Crippen molar-refractivity contribution in [1.29, 1.82) is 0 Å². The molecule has 1 heterocycles. The standard InChI is InChI=1S/C10H15BrN2O3/c1-10(2,3)16-8(14)7(12)4-6-5-15-9(11)13-6/h5,7H,4,12H2,1-3H3. The van der Waals surface area contributed by atoms with Gasteiger partial charge in [-0.25, -0.2) is 4.98 Å². The van der Waals surface area contributed by atoms with Crippen molar-refractivity contribution < 1.29 is 13.9 Å². The molecule has 6 heteroatoms. The lowest BCUT2D eigenvalue weighted by molar-refractivity contribution is -0.156. The van der Waals surface area contributed by atoms with Crippen molar-refractivity contribution in [3.8, 4) is 0 Å². The first kappa shape index (κ1) is 13.2. The van der Waals surface area contributed by atoms with Crippen molar-refractivity contribution >= 4 is 21.9 Å². The summed E-state index contributed by atoms with van der Waals surface area (Å²) in [5.74, 6) is -0.438. The van der Waals surface area contributed by atoms with Crippen LogP contribution in [0.2, 0.25) is 0 Å². The van der Waals surface area contributed by atoms with E-state index >= 15 is 0 Å². The monoisotopic (exact) mass is 290 g/mol. The quantitative estimate of drug-likeness (QED) is 0.857. The Kier molecular flexibility index (Phi) is 4.09. The summed E-state index contributed by atoms with van der Waals surface area (Å²) < 4.78 is 10.1. The van der Waals surface area contributed by atoms with Gasteiger partial charge in [-0.1, -0.05) is 0 Å². The Balaban J connectivity index is 2.52. The summed E-state index contributed by atoms with van der Waals surface area (Å²) in [4.78, 5) is 15.9. The minimum Gasteiger partial charge on any atom is -0.459 e. The lowest BCUT2D eigenvalue weighted by atomic mass is 10.1. The summed E-state index contributed by atoms with van der Waals surface area (Å²) in [6.45, 7) is 5.39. The molecule has 0 saturated heterocycles. The first-order valence-electron chi connectivity index (χ1n) is 4.86. The number of esters is 1. The zero-order valence-corrected chi connectivity index (χ0v) is 11.1. The van der Waals surface area contributed by atoms with Crippen molar-refractivity contribution in [3.05, 3.63) is 16.8 Å². The summed E-state index contributed by atoms with van der Waals surface area (Å²) in [7, 11) is 0. The van der Waals surface area contributed by atoms with Crippen LogP contribution in [0.15, 0.2) is 15.5 Å². The van der Waals surface area contributed by atoms with Crippen LogP contribution in [0, 0.1) is 0 Å². The average Bonchev–Trinajstić information content (AvgIpc) is 2.48. The molecule has 1 rings (SSSR count). The van der Waals surface area contributed by atoms with Crippen molar-refractivity contribution in [2.24, 2.45) is 5.73 Å². The molecule has 0 bridgehead atoms. The molecule has 0 aromatic carbocycles. The molecule has 0 aliphatic heterocycles. The molecule has 1 unspecified atom stereocenters. The number of nitrogens with two attached hydrogens (primary N) is 1. The maximum absolute atomic E-state index is 11.6. The molecule has 0 aliphatic carbocycles. The van der Waals surface area contributed by atoms with Crippen LogP contribution in [0.4, 0.5) is 0 Å². The zero-order valence-electron chi connectivity index (χ0n) is 9.49. The van der Waals surface area contributed by atoms with Gasteiger partial charge in [0.25, 0.3) is 4.80 Å². The van der Waals surface area contributed by atoms with Crippen LogP contribution in [0.25, 0.3) is 0 Å². The van der Waals surface area contributed by atoms with Gasteiger partial charge in [0, 0.05) is 22.4 Å². The number of nitrogens with zero attached hydrogens (tertiary/aromatic N) is 1. The van der Waals surface area contributed by atoms with Gasteiger partial charge < -0.3 is 14.9 Å². The Bertz CT molecular complexity index is 370. The number of hydrogen-bond acceptors (Lipinski definition) is 5. The number of carbonyl (C=O) groups is 1. The summed E-state index contributed by atoms with van der Waals surface area (Å²) in [6.07, 6.45) is 1.75. The van der Waals surface area contributed by atoms with E-state index in [0.717, 1.165) is 0 Å². The van der Waals surface area contributed by atoms with Crippen LogP contribution in [0.5, 0.6) is 0 Å². The Morgan fingerprint density at radius 1 is 1.69 bits per heavy atom. The fourth-order valence-corrected chi connectivity index (χ4v) is 1.38. The van der Waals surface area contributed by atoms with E-state index in [9.17, 15) is 4.79 Å². The maximum Gasteiger partial charge on any atom is 0.323 e. The summed E-state index contributed by atoms with van der Waals surface area (Å²) in [5.41, 5.74) is 5.78. The fraction of sp³-hybridized carbons (Fsp3) is 0.600. The number of hydrogen-bond donors (Lipinski definition) is 1. The van der Waals surface area contributed by atoms with Crippen LogP contribution in [0.1, 0.15) is 26.5 Å². The van der Waals surface area contributed by atoms with E-state index in [4.69, 9.17) is 14.9 Å². The SMILES string of the molecule is CC(C)(C)OC(=O)C(N)Cc1coc(Br)n1. The average molecular weight is 291 g/mol. The summed E-state index contributed by atoms with van der Waals surface area (Å²) in [6, 6.07) is -0.726. The van der Waals surface area contributed by atoms with Gasteiger partial charge in [0.2, 0.25) is 0 Å². The van der Waals surface area contributed by atoms with Crippen molar-refractivity contribution in [1.82, 2.24) is 4.98 Å². The van der Waals surface area contributed by atoms with E-state index < -0.39 is 17.6 Å². The van der Waals surface area contributed by atoms with Gasteiger partial charge in [0.15, 0.2) is 0 Å². The molecule has 0 saturated carbocycles. The van der Waals surface area contributed by atoms with Crippen molar-refractivity contribution in [3.63, 3.8) is 0 Å². The van der Waals surface area contributed by atoms with Crippen LogP contribution < -0.4 is 5.73 Å². The second kappa shape index (κ2) is 4.97. The van der Waals surface area contributed by atoms with Gasteiger partial charge in [-0.2, -0.15) is 0 Å². The number of oxazole rings is 1. The Morgan fingerprint density at radius 3 is 2.75 bits per heavy atom. The first-order chi connectivity index (χ1) is 7.28. The van der Waals surface area contributed by atoms with E-state index in [1.54, 1.807) is 20.8 Å². The molecule has 0 spiro atoms. The molecule has 5 nitrogen and oxygen atoms in total. The largest absolute Gasteiger partial charge is 0.459 e. The third-order valence-corrected chi connectivity index (χ3v) is 2.03. The van der Waals surface area contributed by atoms with Crippen molar-refractivity contribution in [2.45, 2.75) is 38.8 Å². The molecule has 1 aromatic heterocycles. The van der Waals surface area contributed by atoms with Gasteiger partial charge in [-0.3, -0.25) is 4.79 Å². The second-order valence-corrected chi connectivity index (χ2v) is 5.11. The molecule has 90 valence electrons. The predicted molar refractivity (Wildman–Crippen MR) is 61.7 cm³/mol. The van der Waals surface area contributed by atoms with Gasteiger partial charge in [0.05, 0.1) is 5.69 Å². The van der Waals surface area contributed by atoms with Crippen molar-refractivity contribution in [2.75, 3.05) is 0 Å². The molecule has 1 atom stereocenters. The van der Waals surface area contributed by atoms with Gasteiger partial charge in [0.1, 0.15) is 17.9 Å². The molecule has 1 aromatic rings. The Morgan fingerprint density at radius 2 is 2.31 bits per heavy atom. The van der Waals surface area contributed by atoms with E-state index in [1.807, 2.05) is 0 Å². The van der Waals surface area contributed by atoms with E-state index in [0.29, 0.717) is 16.9 Å². The fourth-order valence-electron chi connectivity index (χ4n) is 1.06. The number of carbonyl (C=O) groups excluding carboxylic acids is 1. The topological polar surface area (TPSA) is 78.4 Å². The van der Waals surface area contributed by atoms with E-state index in [2.05, 4.69) is 20.9 Å². The van der Waals surface area contributed by atoms with Crippen LogP contribution >= 0.6 is 15.9 Å². The molecular weight excluding hydrogens is 276 g/mol. The summed E-state index contributed by atoms with van der Waals surface area (Å²) in [5, 5.41) is 0. The van der Waals surface area contributed by atoms with Gasteiger partial charge >= 0.3 is 5.97 Å². The molecule has 0 aliphatic rings. The van der Waals surface area contributed by atoms with Crippen LogP contribution in [0.3, 0.4) is 0 Å². The van der Waals surface area contributed by atoms with Crippen LogP contribution in [-0.2, 0) is 16.0 Å². The predicted octanol–water partition coefficient (Wildman–Crippen LogP) is 1.65. The zero-order chi connectivity index (χ0) is 12.3. The minimum absolute atomic E-state index is 0.296. The van der Waals surface area contributed by atoms with E-state index in [1.165, 1.54) is 6.26 Å². The highest BCUT2D eigenvalue weighted by Crippen LogP contribution is 2.12. The highest BCUT2D eigenvalue weighted by Gasteiger charge is 2.23. The molecule has 0 amide bonds. The number of rotatable bonds is 3. The highest BCUT2D eigenvalue weighted by molar-refractivity contribution is 9.10. The smallest absolute Gasteiger partial charge is 0.323 e. The van der Waals surface area contributed by atoms with Gasteiger partial charge in [-0.15, -0.1) is 0 Å². The third-order valence-electron chi connectivity index (χ3n) is 1.66. The first-order valence-corrected chi connectivity index (χ1v) is 5.65. The molecule has 0 radical (unpaired) electrons. The van der Waals surface area contributed by atoms with Crippen LogP contribution in [-0.4, -0.2) is 22.6 Å². The minimum atomic E-state index is -0.726. The molecule has 16 heavy (non-hydrogen) atoms. The molecule has 2 N–H and O–H groups in total. The normalized spacial score (nSPS) is 13.6. The van der Waals surface area contributed by atoms with Gasteiger partial charge in [-0.05, 0) is 20.8 Å². The molecular formula is C10H15BrN2O3. The number of halogens is 1. The summed E-state index contributed by atoms with van der Waals surface area (Å²) >= 11 is 3.07. The van der Waals surface area contributed by atoms with E-state index in [-0.39, 0.29) is 0 Å². The third kappa shape index (κ3) is 4.32. The lowest BCUT2D eigenvalue weighted by Crippen LogP contribution is -2.38. The molecule has 0 fully saturated rings. The number of ether oxygens (including phenoxy) is 1. The maximum atomic E-state index is 11.6. The lowest BCUT2D eigenvalue weighted by Gasteiger charge is -2.21. The number of aromatic nitrogens is 1. The Hall–Kier alpha value is -0.880. The Labute approximate surface area is 102 Å². The second-order valence-electron chi connectivity index (χ2n) is 4.44. The highest BCUT2D eigenvalue weighted by atomic mass is 79.9.